The average Bonchev–Trinajstić information content (AvgIpc) is 2.10. The third-order valence-corrected chi connectivity index (χ3v) is 2.80. The van der Waals surface area contributed by atoms with Gasteiger partial charge in [0.2, 0.25) is 0 Å². The van der Waals surface area contributed by atoms with E-state index in [0.29, 0.717) is 0 Å². The second-order valence-corrected chi connectivity index (χ2v) is 4.31. The van der Waals surface area contributed by atoms with Crippen LogP contribution in [0.2, 0.25) is 0 Å². The number of rotatable bonds is 9. The lowest BCUT2D eigenvalue weighted by molar-refractivity contribution is 0.573. The van der Waals surface area contributed by atoms with Crippen molar-refractivity contribution in [2.45, 2.75) is 64.7 Å². The summed E-state index contributed by atoms with van der Waals surface area (Å²) in [7, 11) is 0. The number of unbranched alkanes of at least 4 members (excludes halogenated alkanes) is 8. The van der Waals surface area contributed by atoms with Gasteiger partial charge < -0.3 is 6.15 Å². The Balaban J connectivity index is 0. The minimum Gasteiger partial charge on any atom is -0.344 e. The molecule has 2 heteroatoms. The molecule has 1 nitrogen and oxygen atoms in total. The smallest absolute Gasteiger partial charge is 0.00313 e. The van der Waals surface area contributed by atoms with Gasteiger partial charge >= 0.3 is 0 Å². The van der Waals surface area contributed by atoms with Crippen LogP contribution in [0.4, 0.5) is 0 Å². The van der Waals surface area contributed by atoms with Gasteiger partial charge in [0.25, 0.3) is 0 Å². The normalized spacial score (nSPS) is 9.69. The summed E-state index contributed by atoms with van der Waals surface area (Å²) in [6.45, 7) is 2.27. The predicted molar refractivity (Wildman–Crippen MR) is 66.0 cm³/mol. The van der Waals surface area contributed by atoms with E-state index in [9.17, 15) is 0 Å². The van der Waals surface area contributed by atoms with E-state index < -0.39 is 0 Å². The number of halogens is 1. The fraction of sp³-hybridized carbons (Fsp3) is 1.00. The zero-order valence-corrected chi connectivity index (χ0v) is 10.7. The van der Waals surface area contributed by atoms with Crippen LogP contribution in [0.3, 0.4) is 0 Å². The van der Waals surface area contributed by atoms with Crippen LogP contribution < -0.4 is 6.15 Å². The SMILES string of the molecule is CCCCCCCCCCCBr.N. The first-order valence-corrected chi connectivity index (χ1v) is 6.60. The molecule has 0 radical (unpaired) electrons. The van der Waals surface area contributed by atoms with Crippen LogP contribution in [-0.4, -0.2) is 5.33 Å². The Bertz CT molecular complexity index is 66.5. The summed E-state index contributed by atoms with van der Waals surface area (Å²) in [5, 5.41) is 1.18. The van der Waals surface area contributed by atoms with Crippen LogP contribution >= 0.6 is 15.9 Å². The minimum absolute atomic E-state index is 0. The highest BCUT2D eigenvalue weighted by molar-refractivity contribution is 9.09. The van der Waals surface area contributed by atoms with Gasteiger partial charge in [-0.2, -0.15) is 0 Å². The molecule has 0 aliphatic rings. The van der Waals surface area contributed by atoms with Crippen molar-refractivity contribution >= 4 is 15.9 Å². The van der Waals surface area contributed by atoms with Crippen molar-refractivity contribution in [2.75, 3.05) is 5.33 Å². The molecular formula is C11H26BrN. The van der Waals surface area contributed by atoms with E-state index in [0.717, 1.165) is 0 Å². The third kappa shape index (κ3) is 15.2. The zero-order chi connectivity index (χ0) is 9.07. The van der Waals surface area contributed by atoms with Crippen molar-refractivity contribution in [1.82, 2.24) is 6.15 Å². The quantitative estimate of drug-likeness (QED) is 0.451. The fourth-order valence-corrected chi connectivity index (χ4v) is 1.80. The maximum absolute atomic E-state index is 3.45. The Morgan fingerprint density at radius 1 is 0.692 bits per heavy atom. The number of alkyl halides is 1. The van der Waals surface area contributed by atoms with Crippen molar-refractivity contribution in [2.24, 2.45) is 0 Å². The number of hydrogen-bond donors (Lipinski definition) is 1. The van der Waals surface area contributed by atoms with Crippen molar-refractivity contribution in [1.29, 1.82) is 0 Å². The molecule has 3 N–H and O–H groups in total. The molecule has 13 heavy (non-hydrogen) atoms. The van der Waals surface area contributed by atoms with Crippen molar-refractivity contribution < 1.29 is 0 Å². The lowest BCUT2D eigenvalue weighted by Crippen LogP contribution is -1.81. The largest absolute Gasteiger partial charge is 0.344 e. The van der Waals surface area contributed by atoms with Gasteiger partial charge in [0.15, 0.2) is 0 Å². The van der Waals surface area contributed by atoms with E-state index in [1.54, 1.807) is 0 Å². The summed E-state index contributed by atoms with van der Waals surface area (Å²) in [4.78, 5) is 0. The molecular weight excluding hydrogens is 226 g/mol. The summed E-state index contributed by atoms with van der Waals surface area (Å²) in [5.74, 6) is 0. The highest BCUT2D eigenvalue weighted by Crippen LogP contribution is 2.09. The highest BCUT2D eigenvalue weighted by Gasteiger charge is 1.90. The van der Waals surface area contributed by atoms with Gasteiger partial charge in [-0.25, -0.2) is 0 Å². The summed E-state index contributed by atoms with van der Waals surface area (Å²) in [5.41, 5.74) is 0. The summed E-state index contributed by atoms with van der Waals surface area (Å²) in [6, 6.07) is 0. The predicted octanol–water partition coefficient (Wildman–Crippen LogP) is 5.07. The van der Waals surface area contributed by atoms with Crippen LogP contribution in [0.1, 0.15) is 64.7 Å². The molecule has 0 bridgehead atoms. The van der Waals surface area contributed by atoms with Gasteiger partial charge in [0, 0.05) is 5.33 Å². The van der Waals surface area contributed by atoms with Crippen LogP contribution in [0.25, 0.3) is 0 Å². The molecule has 0 heterocycles. The second kappa shape index (κ2) is 14.9. The van der Waals surface area contributed by atoms with Gasteiger partial charge in [-0.05, 0) is 6.42 Å². The Labute approximate surface area is 92.4 Å². The van der Waals surface area contributed by atoms with E-state index in [2.05, 4.69) is 22.9 Å². The standard InChI is InChI=1S/C11H23Br.H3N/c1-2-3-4-5-6-7-8-9-10-11-12;/h2-11H2,1H3;1H3. The van der Waals surface area contributed by atoms with Crippen molar-refractivity contribution in [3.05, 3.63) is 0 Å². The molecule has 0 unspecified atom stereocenters. The van der Waals surface area contributed by atoms with Crippen molar-refractivity contribution in [3.63, 3.8) is 0 Å². The van der Waals surface area contributed by atoms with Crippen LogP contribution in [0, 0.1) is 0 Å². The van der Waals surface area contributed by atoms with Gasteiger partial charge in [-0.3, -0.25) is 0 Å². The molecule has 0 saturated heterocycles. The van der Waals surface area contributed by atoms with Crippen LogP contribution in [0.15, 0.2) is 0 Å². The highest BCUT2D eigenvalue weighted by atomic mass is 79.9. The van der Waals surface area contributed by atoms with E-state index in [-0.39, 0.29) is 6.15 Å². The monoisotopic (exact) mass is 251 g/mol. The lowest BCUT2D eigenvalue weighted by Gasteiger charge is -1.99. The van der Waals surface area contributed by atoms with Gasteiger partial charge in [-0.15, -0.1) is 0 Å². The topological polar surface area (TPSA) is 35.0 Å². The van der Waals surface area contributed by atoms with Crippen molar-refractivity contribution in [3.8, 4) is 0 Å². The molecule has 0 aliphatic carbocycles. The third-order valence-electron chi connectivity index (χ3n) is 2.24. The first kappa shape index (κ1) is 15.9. The molecule has 82 valence electrons. The zero-order valence-electron chi connectivity index (χ0n) is 9.16. The van der Waals surface area contributed by atoms with E-state index in [1.807, 2.05) is 0 Å². The van der Waals surface area contributed by atoms with Gasteiger partial charge in [-0.1, -0.05) is 74.2 Å². The maximum atomic E-state index is 3.45. The number of hydrogen-bond acceptors (Lipinski definition) is 1. The lowest BCUT2D eigenvalue weighted by atomic mass is 10.1. The molecule has 0 aromatic rings. The molecule has 0 atom stereocenters. The Morgan fingerprint density at radius 3 is 1.46 bits per heavy atom. The fourth-order valence-electron chi connectivity index (χ4n) is 1.41. The summed E-state index contributed by atoms with van der Waals surface area (Å²) >= 11 is 3.45. The van der Waals surface area contributed by atoms with E-state index in [1.165, 1.54) is 63.1 Å². The molecule has 0 amide bonds. The van der Waals surface area contributed by atoms with Crippen LogP contribution in [0.5, 0.6) is 0 Å². The molecule has 0 aromatic carbocycles. The molecule has 0 saturated carbocycles. The first-order chi connectivity index (χ1) is 5.91. The van der Waals surface area contributed by atoms with E-state index >= 15 is 0 Å². The second-order valence-electron chi connectivity index (χ2n) is 3.52. The first-order valence-electron chi connectivity index (χ1n) is 5.47. The van der Waals surface area contributed by atoms with Crippen LogP contribution in [-0.2, 0) is 0 Å². The maximum Gasteiger partial charge on any atom is 0.00313 e. The Kier molecular flexibility index (Phi) is 18.3. The van der Waals surface area contributed by atoms with Gasteiger partial charge in [0.05, 0.1) is 0 Å². The minimum atomic E-state index is 0. The molecule has 0 aromatic heterocycles. The molecule has 0 fully saturated rings. The van der Waals surface area contributed by atoms with E-state index in [4.69, 9.17) is 0 Å². The average molecular weight is 252 g/mol. The molecule has 0 spiro atoms. The molecule has 0 rings (SSSR count). The summed E-state index contributed by atoms with van der Waals surface area (Å²) in [6.07, 6.45) is 12.8. The van der Waals surface area contributed by atoms with Gasteiger partial charge in [0.1, 0.15) is 0 Å². The summed E-state index contributed by atoms with van der Waals surface area (Å²) < 4.78 is 0. The Morgan fingerprint density at radius 2 is 1.08 bits per heavy atom. The molecule has 0 aliphatic heterocycles. The Hall–Kier alpha value is 0.440.